The average Bonchev–Trinajstić information content (AvgIpc) is 2.15. The molecule has 3 nitrogen and oxygen atoms in total. The van der Waals surface area contributed by atoms with Crippen molar-refractivity contribution in [3.63, 3.8) is 0 Å². The van der Waals surface area contributed by atoms with Gasteiger partial charge in [-0.3, -0.25) is 0 Å². The zero-order chi connectivity index (χ0) is 11.6. The summed E-state index contributed by atoms with van der Waals surface area (Å²) in [4.78, 5) is 21.4. The van der Waals surface area contributed by atoms with Gasteiger partial charge >= 0.3 is 92.5 Å². The van der Waals surface area contributed by atoms with Crippen LogP contribution in [-0.2, 0) is 4.74 Å². The Morgan fingerprint density at radius 2 is 2.07 bits per heavy atom. The second kappa shape index (κ2) is 4.47. The topological polar surface area (TPSA) is 39.2 Å². The predicted molar refractivity (Wildman–Crippen MR) is 58.5 cm³/mol. The van der Waals surface area contributed by atoms with Crippen LogP contribution in [0.4, 0.5) is 4.39 Å². The zero-order valence-corrected chi connectivity index (χ0v) is 12.2. The molecule has 0 saturated heterocycles. The minimum absolute atomic E-state index is 0.0193. The van der Waals surface area contributed by atoms with E-state index in [9.17, 15) is 9.18 Å². The summed E-state index contributed by atoms with van der Waals surface area (Å²) in [6.45, 7) is 0. The fourth-order valence-corrected chi connectivity index (χ4v) is 4.82. The average molecular weight is 318 g/mol. The number of hydrogen-bond acceptors (Lipinski definition) is 3. The molecule has 0 N–H and O–H groups in total. The van der Waals surface area contributed by atoms with E-state index in [1.807, 2.05) is 14.8 Å². The van der Waals surface area contributed by atoms with Gasteiger partial charge in [0.25, 0.3) is 0 Å². The van der Waals surface area contributed by atoms with Gasteiger partial charge in [-0.25, -0.2) is 0 Å². The van der Waals surface area contributed by atoms with Gasteiger partial charge in [0.15, 0.2) is 0 Å². The number of ether oxygens (including phenoxy) is 1. The molecule has 0 radical (unpaired) electrons. The summed E-state index contributed by atoms with van der Waals surface area (Å²) < 4.78 is 18.9. The van der Waals surface area contributed by atoms with Gasteiger partial charge in [-0.05, 0) is 0 Å². The number of pyridine rings is 1. The van der Waals surface area contributed by atoms with Gasteiger partial charge in [-0.15, -0.1) is 0 Å². The Morgan fingerprint density at radius 3 is 2.53 bits per heavy atom. The number of nitrogens with zero attached hydrogens (tertiary/aromatic N) is 1. The summed E-state index contributed by atoms with van der Waals surface area (Å²) in [6.07, 6.45) is 1.47. The third-order valence-corrected chi connectivity index (χ3v) is 7.06. The molecule has 1 rings (SSSR count). The van der Waals surface area contributed by atoms with Crippen LogP contribution in [0.1, 0.15) is 10.4 Å². The van der Waals surface area contributed by atoms with Crippen molar-refractivity contribution in [3.05, 3.63) is 23.6 Å². The van der Waals surface area contributed by atoms with Crippen molar-refractivity contribution < 1.29 is 13.9 Å². The first-order chi connectivity index (χ1) is 6.88. The molecule has 0 amide bonds. The summed E-state index contributed by atoms with van der Waals surface area (Å²) in [6, 6.07) is 1.35. The van der Waals surface area contributed by atoms with Crippen LogP contribution in [-0.4, -0.2) is 36.4 Å². The fraction of sp³-hybridized carbons (Fsp3) is 0.400. The van der Waals surface area contributed by atoms with Gasteiger partial charge in [-0.1, -0.05) is 0 Å². The Hall–Kier alpha value is -0.651. The van der Waals surface area contributed by atoms with Gasteiger partial charge in [-0.2, -0.15) is 0 Å². The van der Waals surface area contributed by atoms with Crippen LogP contribution < -0.4 is 3.71 Å². The first-order valence-corrected chi connectivity index (χ1v) is 14.6. The summed E-state index contributed by atoms with van der Waals surface area (Å²) in [5.41, 5.74) is -0.0193. The zero-order valence-electron chi connectivity index (χ0n) is 9.30. The number of methoxy groups -OCH3 is 1. The van der Waals surface area contributed by atoms with Crippen LogP contribution in [0.25, 0.3) is 0 Å². The molecule has 0 unspecified atom stereocenters. The van der Waals surface area contributed by atoms with Gasteiger partial charge < -0.3 is 0 Å². The minimum atomic E-state index is -2.59. The number of esters is 1. The summed E-state index contributed by atoms with van der Waals surface area (Å²) >= 11 is -2.59. The second-order valence-corrected chi connectivity index (χ2v) is 18.5. The van der Waals surface area contributed by atoms with Crippen molar-refractivity contribution in [2.75, 3.05) is 7.11 Å². The monoisotopic (exact) mass is 319 g/mol. The fourth-order valence-electron chi connectivity index (χ4n) is 1.23. The standard InChI is InChI=1S/C7H5FNO2.3CH3.Sn/c1-11-7(10)5-2-3-9-4-6(5)8;;;;/h2-3H,1H3;3*1H3;. The Kier molecular flexibility index (Phi) is 3.70. The van der Waals surface area contributed by atoms with E-state index in [1.54, 1.807) is 0 Å². The third kappa shape index (κ3) is 2.68. The molecule has 0 aliphatic carbocycles. The second-order valence-electron chi connectivity index (χ2n) is 4.26. The van der Waals surface area contributed by atoms with E-state index in [0.717, 1.165) is 0 Å². The molecule has 0 saturated carbocycles. The first-order valence-electron chi connectivity index (χ1n) is 4.61. The van der Waals surface area contributed by atoms with Crippen molar-refractivity contribution in [1.29, 1.82) is 0 Å². The quantitative estimate of drug-likeness (QED) is 0.614. The molecule has 0 aliphatic rings. The predicted octanol–water partition coefficient (Wildman–Crippen LogP) is 1.55. The van der Waals surface area contributed by atoms with Crippen LogP contribution in [0.2, 0.25) is 14.8 Å². The molecule has 1 heterocycles. The van der Waals surface area contributed by atoms with Crippen molar-refractivity contribution in [2.45, 2.75) is 14.8 Å². The number of aromatic nitrogens is 1. The summed E-state index contributed by atoms with van der Waals surface area (Å²) in [5, 5.41) is 0. The molecular weight excluding hydrogens is 304 g/mol. The number of rotatable bonds is 2. The molecular formula is C10H14FNO2Sn. The number of carbonyl (C=O) groups is 1. The third-order valence-electron chi connectivity index (χ3n) is 2.00. The normalized spacial score (nSPS) is 11.3. The molecule has 5 heteroatoms. The molecule has 82 valence electrons. The van der Waals surface area contributed by atoms with Gasteiger partial charge in [0.1, 0.15) is 0 Å². The molecule has 15 heavy (non-hydrogen) atoms. The van der Waals surface area contributed by atoms with E-state index in [-0.39, 0.29) is 5.56 Å². The Balaban J connectivity index is 3.30. The maximum absolute atomic E-state index is 13.9. The molecule has 0 atom stereocenters. The van der Waals surface area contributed by atoms with E-state index >= 15 is 0 Å². The van der Waals surface area contributed by atoms with E-state index in [1.165, 1.54) is 19.4 Å². The van der Waals surface area contributed by atoms with Crippen LogP contribution in [0.3, 0.4) is 0 Å². The summed E-state index contributed by atoms with van der Waals surface area (Å²) in [5.74, 6) is -1.15. The Bertz CT molecular complexity index is 387. The van der Waals surface area contributed by atoms with Crippen LogP contribution in [0.5, 0.6) is 0 Å². The van der Waals surface area contributed by atoms with E-state index in [2.05, 4.69) is 9.72 Å². The Morgan fingerprint density at radius 1 is 1.47 bits per heavy atom. The maximum atomic E-state index is 13.9. The van der Waals surface area contributed by atoms with Crippen LogP contribution in [0, 0.1) is 5.82 Å². The molecule has 0 fully saturated rings. The molecule has 0 bridgehead atoms. The van der Waals surface area contributed by atoms with Gasteiger partial charge in [0.2, 0.25) is 0 Å². The Labute approximate surface area is 92.5 Å². The van der Waals surface area contributed by atoms with Crippen molar-refractivity contribution in [2.24, 2.45) is 0 Å². The van der Waals surface area contributed by atoms with E-state index in [0.29, 0.717) is 3.71 Å². The molecule has 0 aliphatic heterocycles. The van der Waals surface area contributed by atoms with Crippen molar-refractivity contribution in [1.82, 2.24) is 4.98 Å². The van der Waals surface area contributed by atoms with Crippen LogP contribution in [0.15, 0.2) is 12.3 Å². The molecule has 1 aromatic rings. The SMILES string of the molecule is COC(=O)c1ccn[c]([Sn]([CH3])([CH3])[CH3])c1F. The number of halogens is 1. The first kappa shape index (κ1) is 12.4. The molecule has 1 aromatic heterocycles. The molecule has 0 aromatic carbocycles. The van der Waals surface area contributed by atoms with E-state index in [4.69, 9.17) is 0 Å². The van der Waals surface area contributed by atoms with Gasteiger partial charge in [0, 0.05) is 0 Å². The van der Waals surface area contributed by atoms with Crippen molar-refractivity contribution in [3.8, 4) is 0 Å². The molecule has 0 spiro atoms. The van der Waals surface area contributed by atoms with Crippen molar-refractivity contribution >= 4 is 28.1 Å². The number of carbonyl (C=O) groups excluding carboxylic acids is 1. The van der Waals surface area contributed by atoms with Crippen LogP contribution >= 0.6 is 0 Å². The number of hydrogen-bond donors (Lipinski definition) is 0. The van der Waals surface area contributed by atoms with Gasteiger partial charge in [0.05, 0.1) is 0 Å². The van der Waals surface area contributed by atoms with E-state index < -0.39 is 30.2 Å². The summed E-state index contributed by atoms with van der Waals surface area (Å²) in [7, 11) is 1.24.